The van der Waals surface area contributed by atoms with Gasteiger partial charge in [0.05, 0.1) is 0 Å². The van der Waals surface area contributed by atoms with Crippen LogP contribution < -0.4 is 5.32 Å². The van der Waals surface area contributed by atoms with Crippen LogP contribution >= 0.6 is 27.3 Å². The Balaban J connectivity index is 2.03. The van der Waals surface area contributed by atoms with Crippen molar-refractivity contribution in [1.82, 2.24) is 10.2 Å². The Kier molecular flexibility index (Phi) is 6.53. The fourth-order valence-electron chi connectivity index (χ4n) is 3.06. The normalized spacial score (nSPS) is 24.4. The number of nitrogens with one attached hydrogen (secondary N) is 1. The zero-order chi connectivity index (χ0) is 14.5. The van der Waals surface area contributed by atoms with Crippen LogP contribution in [0.4, 0.5) is 0 Å². The molecule has 0 aliphatic carbocycles. The highest BCUT2D eigenvalue weighted by Crippen LogP contribution is 2.27. The number of piperazine rings is 1. The van der Waals surface area contributed by atoms with E-state index < -0.39 is 0 Å². The average Bonchev–Trinajstić information content (AvgIpc) is 2.78. The van der Waals surface area contributed by atoms with Gasteiger partial charge in [0.25, 0.3) is 0 Å². The molecule has 0 radical (unpaired) electrons. The van der Waals surface area contributed by atoms with Crippen LogP contribution in [0.1, 0.15) is 44.9 Å². The summed E-state index contributed by atoms with van der Waals surface area (Å²) in [4.78, 5) is 4.17. The Hall–Kier alpha value is 0.1000. The van der Waals surface area contributed by atoms with E-state index in [1.807, 2.05) is 11.3 Å². The highest BCUT2D eigenvalue weighted by Gasteiger charge is 2.28. The molecule has 1 aliphatic heterocycles. The van der Waals surface area contributed by atoms with Crippen molar-refractivity contribution in [2.75, 3.05) is 13.1 Å². The van der Waals surface area contributed by atoms with E-state index in [-0.39, 0.29) is 0 Å². The van der Waals surface area contributed by atoms with Crippen molar-refractivity contribution in [2.24, 2.45) is 5.92 Å². The molecule has 0 bridgehead atoms. The monoisotopic (exact) mass is 358 g/mol. The lowest BCUT2D eigenvalue weighted by molar-refractivity contribution is 0.104. The number of rotatable bonds is 6. The Morgan fingerprint density at radius 1 is 1.50 bits per heavy atom. The van der Waals surface area contributed by atoms with E-state index in [9.17, 15) is 0 Å². The second-order valence-corrected chi connectivity index (χ2v) is 8.15. The van der Waals surface area contributed by atoms with Crippen molar-refractivity contribution >= 4 is 27.3 Å². The summed E-state index contributed by atoms with van der Waals surface area (Å²) in [5.41, 5.74) is 0. The van der Waals surface area contributed by atoms with Crippen molar-refractivity contribution in [3.05, 3.63) is 20.8 Å². The summed E-state index contributed by atoms with van der Waals surface area (Å²) in [6.45, 7) is 10.4. The largest absolute Gasteiger partial charge is 0.311 e. The quantitative estimate of drug-likeness (QED) is 0.805. The third kappa shape index (κ3) is 4.55. The second-order valence-electron chi connectivity index (χ2n) is 6.30. The van der Waals surface area contributed by atoms with Crippen LogP contribution in [0.5, 0.6) is 0 Å². The van der Waals surface area contributed by atoms with Gasteiger partial charge in [-0.15, -0.1) is 11.3 Å². The van der Waals surface area contributed by atoms with Crippen molar-refractivity contribution < 1.29 is 0 Å². The van der Waals surface area contributed by atoms with Crippen molar-refractivity contribution in [3.63, 3.8) is 0 Å². The molecule has 2 nitrogen and oxygen atoms in total. The predicted octanol–water partition coefficient (Wildman–Crippen LogP) is 4.50. The molecule has 1 aromatic heterocycles. The van der Waals surface area contributed by atoms with E-state index in [4.69, 9.17) is 0 Å². The van der Waals surface area contributed by atoms with Gasteiger partial charge in [-0.25, -0.2) is 0 Å². The Bertz CT molecular complexity index is 405. The van der Waals surface area contributed by atoms with Gasteiger partial charge in [-0.1, -0.05) is 27.2 Å². The molecule has 114 valence electrons. The van der Waals surface area contributed by atoms with E-state index in [0.717, 1.165) is 19.0 Å². The molecule has 0 aromatic carbocycles. The minimum absolute atomic E-state index is 0.669. The minimum Gasteiger partial charge on any atom is -0.311 e. The SMILES string of the molecule is CCCC1CN(Cc2sccc2Br)C(CC(C)C)CN1. The van der Waals surface area contributed by atoms with Gasteiger partial charge >= 0.3 is 0 Å². The van der Waals surface area contributed by atoms with Crippen molar-refractivity contribution in [3.8, 4) is 0 Å². The summed E-state index contributed by atoms with van der Waals surface area (Å²) in [5, 5.41) is 5.93. The van der Waals surface area contributed by atoms with Gasteiger partial charge in [-0.3, -0.25) is 4.90 Å². The zero-order valence-corrected chi connectivity index (χ0v) is 15.3. The van der Waals surface area contributed by atoms with Gasteiger partial charge in [0.1, 0.15) is 0 Å². The van der Waals surface area contributed by atoms with Gasteiger partial charge in [-0.2, -0.15) is 0 Å². The molecule has 2 heterocycles. The molecule has 0 saturated carbocycles. The van der Waals surface area contributed by atoms with E-state index >= 15 is 0 Å². The molecule has 2 unspecified atom stereocenters. The number of thiophene rings is 1. The Labute approximate surface area is 136 Å². The number of hydrogen-bond acceptors (Lipinski definition) is 3. The lowest BCUT2D eigenvalue weighted by Crippen LogP contribution is -2.56. The van der Waals surface area contributed by atoms with Crippen LogP contribution in [0.3, 0.4) is 0 Å². The third-order valence-corrected chi connectivity index (χ3v) is 5.94. The number of hydrogen-bond donors (Lipinski definition) is 1. The van der Waals surface area contributed by atoms with Gasteiger partial charge < -0.3 is 5.32 Å². The van der Waals surface area contributed by atoms with Gasteiger partial charge in [0, 0.05) is 41.1 Å². The Morgan fingerprint density at radius 3 is 2.90 bits per heavy atom. The number of halogens is 1. The molecule has 1 saturated heterocycles. The first-order valence-corrected chi connectivity index (χ1v) is 9.46. The summed E-state index contributed by atoms with van der Waals surface area (Å²) in [7, 11) is 0. The van der Waals surface area contributed by atoms with Crippen molar-refractivity contribution in [2.45, 2.75) is 58.7 Å². The van der Waals surface area contributed by atoms with Crippen LogP contribution in [0.2, 0.25) is 0 Å². The summed E-state index contributed by atoms with van der Waals surface area (Å²) in [6, 6.07) is 3.52. The molecule has 1 N–H and O–H groups in total. The lowest BCUT2D eigenvalue weighted by atomic mass is 9.97. The third-order valence-electron chi connectivity index (χ3n) is 4.03. The molecular formula is C16H27BrN2S. The summed E-state index contributed by atoms with van der Waals surface area (Å²) in [6.07, 6.45) is 3.84. The maximum Gasteiger partial charge on any atom is 0.0343 e. The summed E-state index contributed by atoms with van der Waals surface area (Å²) in [5.74, 6) is 0.763. The van der Waals surface area contributed by atoms with Gasteiger partial charge in [0.15, 0.2) is 0 Å². The highest BCUT2D eigenvalue weighted by molar-refractivity contribution is 9.10. The van der Waals surface area contributed by atoms with Crippen LogP contribution in [0.15, 0.2) is 15.9 Å². The summed E-state index contributed by atoms with van der Waals surface area (Å²) < 4.78 is 1.27. The molecule has 0 spiro atoms. The average molecular weight is 359 g/mol. The molecule has 1 aliphatic rings. The van der Waals surface area contributed by atoms with Gasteiger partial charge in [0.2, 0.25) is 0 Å². The smallest absolute Gasteiger partial charge is 0.0343 e. The summed E-state index contributed by atoms with van der Waals surface area (Å²) >= 11 is 5.55. The van der Waals surface area contributed by atoms with E-state index in [0.29, 0.717) is 12.1 Å². The van der Waals surface area contributed by atoms with Crippen LogP contribution in [-0.2, 0) is 6.54 Å². The topological polar surface area (TPSA) is 15.3 Å². The maximum absolute atomic E-state index is 3.75. The molecule has 4 heteroatoms. The second kappa shape index (κ2) is 7.92. The van der Waals surface area contributed by atoms with Crippen LogP contribution in [0, 0.1) is 5.92 Å². The van der Waals surface area contributed by atoms with Crippen molar-refractivity contribution in [1.29, 1.82) is 0 Å². The van der Waals surface area contributed by atoms with E-state index in [1.54, 1.807) is 0 Å². The van der Waals surface area contributed by atoms with E-state index in [2.05, 4.69) is 58.4 Å². The van der Waals surface area contributed by atoms with E-state index in [1.165, 1.54) is 35.2 Å². The molecule has 0 amide bonds. The fourth-order valence-corrected chi connectivity index (χ4v) is 4.57. The minimum atomic E-state index is 0.669. The molecular weight excluding hydrogens is 332 g/mol. The molecule has 1 aromatic rings. The maximum atomic E-state index is 3.75. The molecule has 20 heavy (non-hydrogen) atoms. The van der Waals surface area contributed by atoms with Crippen LogP contribution in [0.25, 0.3) is 0 Å². The first kappa shape index (κ1) is 16.5. The standard InChI is InChI=1S/C16H27BrN2S/c1-4-5-13-10-19(11-16-15(17)6-7-20-16)14(9-18-13)8-12(2)3/h6-7,12-14,18H,4-5,8-11H2,1-3H3. The Morgan fingerprint density at radius 2 is 2.30 bits per heavy atom. The number of nitrogens with zero attached hydrogens (tertiary/aromatic N) is 1. The lowest BCUT2D eigenvalue weighted by Gasteiger charge is -2.41. The predicted molar refractivity (Wildman–Crippen MR) is 92.4 cm³/mol. The molecule has 2 atom stereocenters. The zero-order valence-electron chi connectivity index (χ0n) is 12.9. The molecule has 2 rings (SSSR count). The van der Waals surface area contributed by atoms with Gasteiger partial charge in [-0.05, 0) is 46.1 Å². The van der Waals surface area contributed by atoms with Crippen LogP contribution in [-0.4, -0.2) is 30.1 Å². The first-order chi connectivity index (χ1) is 9.60. The molecule has 1 fully saturated rings. The fraction of sp³-hybridized carbons (Fsp3) is 0.750. The first-order valence-electron chi connectivity index (χ1n) is 7.79. The highest BCUT2D eigenvalue weighted by atomic mass is 79.9.